The van der Waals surface area contributed by atoms with E-state index < -0.39 is 12.1 Å². The topological polar surface area (TPSA) is 63.6 Å². The number of likely N-dealkylation sites (N-methyl/N-ethyl adjacent to an activating group) is 1. The highest BCUT2D eigenvalue weighted by atomic mass is 16.5. The Bertz CT molecular complexity index is 307. The molecule has 0 heterocycles. The molecule has 20 heavy (non-hydrogen) atoms. The Labute approximate surface area is 122 Å². The normalized spacial score (nSPS) is 13.3. The van der Waals surface area contributed by atoms with Gasteiger partial charge in [0.15, 0.2) is 6.10 Å². The number of hydrogen-bond donors (Lipinski definition) is 1. The number of quaternary nitrogens is 1. The van der Waals surface area contributed by atoms with E-state index in [2.05, 4.69) is 13.8 Å². The van der Waals surface area contributed by atoms with Gasteiger partial charge in [-0.05, 0) is 12.3 Å². The van der Waals surface area contributed by atoms with Gasteiger partial charge in [-0.3, -0.25) is 9.59 Å². The molecule has 0 spiro atoms. The second-order valence-corrected chi connectivity index (χ2v) is 6.82. The molecule has 0 aromatic carbocycles. The second-order valence-electron chi connectivity index (χ2n) is 6.82. The summed E-state index contributed by atoms with van der Waals surface area (Å²) in [6, 6.07) is 0. The molecular weight excluding hydrogens is 258 g/mol. The first-order valence-corrected chi connectivity index (χ1v) is 7.32. The quantitative estimate of drug-likeness (QED) is 0.380. The Morgan fingerprint density at radius 3 is 2.20 bits per heavy atom. The van der Waals surface area contributed by atoms with Crippen LogP contribution in [0.2, 0.25) is 0 Å². The minimum atomic E-state index is -0.934. The van der Waals surface area contributed by atoms with Crippen LogP contribution in [0, 0.1) is 5.92 Å². The molecule has 1 atom stereocenters. The molecule has 0 aliphatic carbocycles. The smallest absolute Gasteiger partial charge is 0.307 e. The average Bonchev–Trinajstić information content (AvgIpc) is 2.20. The minimum absolute atomic E-state index is 0.132. The van der Waals surface area contributed by atoms with Crippen molar-refractivity contribution in [3.63, 3.8) is 0 Å². The lowest BCUT2D eigenvalue weighted by Gasteiger charge is -2.28. The maximum Gasteiger partial charge on any atom is 0.307 e. The third-order valence-corrected chi connectivity index (χ3v) is 2.86. The molecule has 0 rings (SSSR count). The number of carbonyl (C=O) groups excluding carboxylic acids is 1. The van der Waals surface area contributed by atoms with E-state index in [-0.39, 0.29) is 12.4 Å². The summed E-state index contributed by atoms with van der Waals surface area (Å²) in [7, 11) is 5.85. The van der Waals surface area contributed by atoms with Crippen LogP contribution in [0.3, 0.4) is 0 Å². The van der Waals surface area contributed by atoms with Gasteiger partial charge in [-0.25, -0.2) is 0 Å². The number of carbonyl (C=O) groups is 2. The molecule has 0 aromatic heterocycles. The van der Waals surface area contributed by atoms with Gasteiger partial charge in [-0.15, -0.1) is 0 Å². The van der Waals surface area contributed by atoms with Crippen molar-refractivity contribution in [1.82, 2.24) is 0 Å². The number of aliphatic carboxylic acids is 1. The van der Waals surface area contributed by atoms with E-state index in [0.29, 0.717) is 23.4 Å². The van der Waals surface area contributed by atoms with Crippen LogP contribution in [-0.4, -0.2) is 55.3 Å². The highest BCUT2D eigenvalue weighted by molar-refractivity contribution is 5.71. The lowest BCUT2D eigenvalue weighted by atomic mass is 10.1. The number of hydrogen-bond acceptors (Lipinski definition) is 3. The van der Waals surface area contributed by atoms with Gasteiger partial charge in [0.25, 0.3) is 0 Å². The number of ether oxygens (including phenoxy) is 1. The van der Waals surface area contributed by atoms with Gasteiger partial charge >= 0.3 is 11.9 Å². The Morgan fingerprint density at radius 1 is 1.15 bits per heavy atom. The maximum absolute atomic E-state index is 11.7. The predicted molar refractivity (Wildman–Crippen MR) is 78.3 cm³/mol. The summed E-state index contributed by atoms with van der Waals surface area (Å²) in [4.78, 5) is 22.6. The van der Waals surface area contributed by atoms with Crippen molar-refractivity contribution in [1.29, 1.82) is 0 Å². The monoisotopic (exact) mass is 288 g/mol. The fourth-order valence-corrected chi connectivity index (χ4v) is 2.02. The number of carboxylic acid groups (broad SMARTS) is 1. The summed E-state index contributed by atoms with van der Waals surface area (Å²) in [5.74, 6) is -0.575. The van der Waals surface area contributed by atoms with Crippen LogP contribution >= 0.6 is 0 Å². The summed E-state index contributed by atoms with van der Waals surface area (Å²) in [6.07, 6.45) is 2.61. The van der Waals surface area contributed by atoms with E-state index in [1.54, 1.807) is 0 Å². The van der Waals surface area contributed by atoms with Crippen LogP contribution in [-0.2, 0) is 14.3 Å². The van der Waals surface area contributed by atoms with E-state index >= 15 is 0 Å². The molecule has 0 aromatic rings. The Morgan fingerprint density at radius 2 is 1.75 bits per heavy atom. The van der Waals surface area contributed by atoms with Crippen molar-refractivity contribution in [2.75, 3.05) is 27.7 Å². The lowest BCUT2D eigenvalue weighted by molar-refractivity contribution is -0.873. The lowest BCUT2D eigenvalue weighted by Crippen LogP contribution is -2.43. The molecular formula is C15H30NO4+. The first kappa shape index (κ1) is 18.9. The maximum atomic E-state index is 11.7. The van der Waals surface area contributed by atoms with E-state index in [9.17, 15) is 9.59 Å². The van der Waals surface area contributed by atoms with Crippen molar-refractivity contribution in [2.45, 2.75) is 52.1 Å². The number of rotatable bonds is 10. The van der Waals surface area contributed by atoms with Gasteiger partial charge in [0.1, 0.15) is 6.54 Å². The molecule has 0 fully saturated rings. The molecule has 0 bridgehead atoms. The summed E-state index contributed by atoms with van der Waals surface area (Å²) in [5.41, 5.74) is 0. The van der Waals surface area contributed by atoms with Crippen molar-refractivity contribution in [3.8, 4) is 0 Å². The number of unbranched alkanes of at least 4 members (excludes halogenated alkanes) is 1. The molecule has 0 aliphatic heterocycles. The zero-order valence-electron chi connectivity index (χ0n) is 13.5. The van der Waals surface area contributed by atoms with E-state index in [0.717, 1.165) is 19.3 Å². The van der Waals surface area contributed by atoms with Crippen molar-refractivity contribution in [2.24, 2.45) is 5.92 Å². The van der Waals surface area contributed by atoms with E-state index in [4.69, 9.17) is 9.84 Å². The minimum Gasteiger partial charge on any atom is -0.481 e. The largest absolute Gasteiger partial charge is 0.481 e. The standard InChI is InChI=1S/C15H29NO4/c1-12(2)8-6-7-9-15(19)20-13(10-14(17)18)11-16(3,4)5/h12-13H,6-11H2,1-5H3/p+1. The van der Waals surface area contributed by atoms with E-state index in [1.807, 2.05) is 21.1 Å². The highest BCUT2D eigenvalue weighted by Crippen LogP contribution is 2.11. The first-order valence-electron chi connectivity index (χ1n) is 7.32. The van der Waals surface area contributed by atoms with Crippen LogP contribution in [0.4, 0.5) is 0 Å². The molecule has 5 heteroatoms. The van der Waals surface area contributed by atoms with Gasteiger partial charge in [0.05, 0.1) is 27.6 Å². The Kier molecular flexibility index (Phi) is 8.46. The van der Waals surface area contributed by atoms with Crippen LogP contribution < -0.4 is 0 Å². The zero-order valence-corrected chi connectivity index (χ0v) is 13.5. The van der Waals surface area contributed by atoms with Crippen LogP contribution in [0.25, 0.3) is 0 Å². The van der Waals surface area contributed by atoms with Gasteiger partial charge in [0, 0.05) is 6.42 Å². The summed E-state index contributed by atoms with van der Waals surface area (Å²) in [6.45, 7) is 4.81. The number of nitrogens with zero attached hydrogens (tertiary/aromatic N) is 1. The first-order chi connectivity index (χ1) is 9.10. The Balaban J connectivity index is 4.15. The molecule has 118 valence electrons. The van der Waals surface area contributed by atoms with Crippen LogP contribution in [0.1, 0.15) is 46.0 Å². The van der Waals surface area contributed by atoms with E-state index in [1.165, 1.54) is 0 Å². The van der Waals surface area contributed by atoms with Gasteiger partial charge < -0.3 is 14.3 Å². The molecule has 5 nitrogen and oxygen atoms in total. The number of esters is 1. The molecule has 0 aliphatic rings. The third kappa shape index (κ3) is 12.0. The van der Waals surface area contributed by atoms with Crippen molar-refractivity contribution < 1.29 is 23.9 Å². The molecule has 0 amide bonds. The fraction of sp³-hybridized carbons (Fsp3) is 0.867. The molecule has 1 unspecified atom stereocenters. The molecule has 0 radical (unpaired) electrons. The Hall–Kier alpha value is -1.10. The average molecular weight is 288 g/mol. The van der Waals surface area contributed by atoms with Crippen molar-refractivity contribution >= 4 is 11.9 Å². The molecule has 0 saturated carbocycles. The summed E-state index contributed by atoms with van der Waals surface area (Å²) >= 11 is 0. The summed E-state index contributed by atoms with van der Waals surface area (Å²) in [5, 5.41) is 8.87. The number of carboxylic acids is 1. The van der Waals surface area contributed by atoms with Crippen LogP contribution in [0.5, 0.6) is 0 Å². The second kappa shape index (κ2) is 8.95. The highest BCUT2D eigenvalue weighted by Gasteiger charge is 2.24. The summed E-state index contributed by atoms with van der Waals surface area (Å²) < 4.78 is 5.88. The van der Waals surface area contributed by atoms with Crippen molar-refractivity contribution in [3.05, 3.63) is 0 Å². The molecule has 1 N–H and O–H groups in total. The van der Waals surface area contributed by atoms with Crippen LogP contribution in [0.15, 0.2) is 0 Å². The SMILES string of the molecule is CC(C)CCCCC(=O)OC(CC(=O)O)C[N+](C)(C)C. The predicted octanol–water partition coefficient (Wildman–Crippen LogP) is 2.30. The zero-order chi connectivity index (χ0) is 15.8. The van der Waals surface area contributed by atoms with Gasteiger partial charge in [-0.1, -0.05) is 26.7 Å². The molecule has 0 saturated heterocycles. The van der Waals surface area contributed by atoms with Gasteiger partial charge in [0.2, 0.25) is 0 Å². The van der Waals surface area contributed by atoms with Gasteiger partial charge in [-0.2, -0.15) is 0 Å². The third-order valence-electron chi connectivity index (χ3n) is 2.86. The fourth-order valence-electron chi connectivity index (χ4n) is 2.02.